The van der Waals surface area contributed by atoms with Gasteiger partial charge >= 0.3 is 0 Å². The Morgan fingerprint density at radius 3 is 2.18 bits per heavy atom. The third kappa shape index (κ3) is 6.49. The van der Waals surface area contributed by atoms with Gasteiger partial charge in [-0.1, -0.05) is 48.9 Å². The van der Waals surface area contributed by atoms with Crippen LogP contribution in [0.4, 0.5) is 10.1 Å². The summed E-state index contributed by atoms with van der Waals surface area (Å²) in [5.41, 5.74) is 1.29. The zero-order valence-electron chi connectivity index (χ0n) is 21.8. The number of rotatable bonds is 11. The molecule has 3 rings (SSSR count). The lowest BCUT2D eigenvalue weighted by Crippen LogP contribution is -2.51. The first-order valence-electron chi connectivity index (χ1n) is 12.1. The summed E-state index contributed by atoms with van der Waals surface area (Å²) in [5.74, 6) is -1.22. The van der Waals surface area contributed by atoms with Gasteiger partial charge in [-0.2, -0.15) is 0 Å². The van der Waals surface area contributed by atoms with Crippen molar-refractivity contribution in [3.8, 4) is 5.75 Å². The van der Waals surface area contributed by atoms with Crippen molar-refractivity contribution in [3.63, 3.8) is 0 Å². The Morgan fingerprint density at radius 2 is 1.63 bits per heavy atom. The van der Waals surface area contributed by atoms with Crippen LogP contribution in [0.5, 0.6) is 5.75 Å². The lowest BCUT2D eigenvalue weighted by molar-refractivity contribution is -0.140. The molecule has 1 atom stereocenters. The SMILES string of the molecule is CCC(C(=O)NC)N(Cc1ccc(OC)cc1)C(=O)CN(c1ccccc1F)S(=O)(=O)c1ccc(C)cc1. The molecule has 2 amide bonds. The highest BCUT2D eigenvalue weighted by Crippen LogP contribution is 2.27. The minimum absolute atomic E-state index is 0.0322. The van der Waals surface area contributed by atoms with Crippen LogP contribution in [0.25, 0.3) is 0 Å². The van der Waals surface area contributed by atoms with Crippen molar-refractivity contribution in [2.75, 3.05) is 25.0 Å². The number of likely N-dealkylation sites (N-methyl/N-ethyl adjacent to an activating group) is 1. The van der Waals surface area contributed by atoms with Gasteiger partial charge in [0, 0.05) is 13.6 Å². The van der Waals surface area contributed by atoms with E-state index in [-0.39, 0.29) is 23.5 Å². The second-order valence-electron chi connectivity index (χ2n) is 8.68. The molecule has 0 aliphatic rings. The molecule has 202 valence electrons. The number of halogens is 1. The Hall–Kier alpha value is -3.92. The number of carbonyl (C=O) groups excluding carboxylic acids is 2. The number of methoxy groups -OCH3 is 1. The number of para-hydroxylation sites is 1. The number of amides is 2. The van der Waals surface area contributed by atoms with E-state index >= 15 is 0 Å². The lowest BCUT2D eigenvalue weighted by Gasteiger charge is -2.33. The van der Waals surface area contributed by atoms with E-state index in [1.165, 1.54) is 49.4 Å². The number of aryl methyl sites for hydroxylation is 1. The molecule has 8 nitrogen and oxygen atoms in total. The molecular formula is C28H32FN3O5S. The van der Waals surface area contributed by atoms with Crippen molar-refractivity contribution in [1.82, 2.24) is 10.2 Å². The molecule has 10 heteroatoms. The third-order valence-electron chi connectivity index (χ3n) is 6.15. The highest BCUT2D eigenvalue weighted by molar-refractivity contribution is 7.92. The molecule has 0 aromatic heterocycles. The van der Waals surface area contributed by atoms with Crippen LogP contribution in [0.3, 0.4) is 0 Å². The molecule has 0 radical (unpaired) electrons. The molecule has 0 fully saturated rings. The van der Waals surface area contributed by atoms with Gasteiger partial charge in [-0.25, -0.2) is 12.8 Å². The molecule has 38 heavy (non-hydrogen) atoms. The number of sulfonamides is 1. The smallest absolute Gasteiger partial charge is 0.264 e. The maximum atomic E-state index is 14.9. The first-order valence-corrected chi connectivity index (χ1v) is 13.5. The maximum Gasteiger partial charge on any atom is 0.264 e. The second kappa shape index (κ2) is 12.6. The first-order chi connectivity index (χ1) is 18.1. The molecule has 3 aromatic rings. The molecular weight excluding hydrogens is 509 g/mol. The topological polar surface area (TPSA) is 96.0 Å². The Morgan fingerprint density at radius 1 is 1.00 bits per heavy atom. The molecule has 1 N–H and O–H groups in total. The fraction of sp³-hybridized carbons (Fsp3) is 0.286. The zero-order chi connectivity index (χ0) is 27.9. The van der Waals surface area contributed by atoms with Crippen LogP contribution >= 0.6 is 0 Å². The summed E-state index contributed by atoms with van der Waals surface area (Å²) in [5, 5.41) is 2.57. The monoisotopic (exact) mass is 541 g/mol. The third-order valence-corrected chi connectivity index (χ3v) is 7.93. The van der Waals surface area contributed by atoms with Gasteiger partial charge < -0.3 is 15.0 Å². The number of nitrogens with zero attached hydrogens (tertiary/aromatic N) is 2. The normalized spacial score (nSPS) is 11.9. The van der Waals surface area contributed by atoms with Gasteiger partial charge in [0.25, 0.3) is 10.0 Å². The highest BCUT2D eigenvalue weighted by Gasteiger charge is 2.34. The van der Waals surface area contributed by atoms with Crippen LogP contribution in [-0.2, 0) is 26.2 Å². The fourth-order valence-corrected chi connectivity index (χ4v) is 5.44. The molecule has 0 aliphatic heterocycles. The van der Waals surface area contributed by atoms with E-state index in [2.05, 4.69) is 5.32 Å². The largest absolute Gasteiger partial charge is 0.497 e. The Labute approximate surface area is 223 Å². The summed E-state index contributed by atoms with van der Waals surface area (Å²) in [6, 6.07) is 17.5. The molecule has 0 heterocycles. The van der Waals surface area contributed by atoms with Crippen LogP contribution < -0.4 is 14.4 Å². The fourth-order valence-electron chi connectivity index (χ4n) is 4.02. The summed E-state index contributed by atoms with van der Waals surface area (Å²) >= 11 is 0. The van der Waals surface area contributed by atoms with Gasteiger partial charge in [0.2, 0.25) is 11.8 Å². The van der Waals surface area contributed by atoms with E-state index in [1.807, 2.05) is 6.92 Å². The second-order valence-corrected chi connectivity index (χ2v) is 10.5. The minimum atomic E-state index is -4.33. The van der Waals surface area contributed by atoms with E-state index in [9.17, 15) is 22.4 Å². The maximum absolute atomic E-state index is 14.9. The predicted molar refractivity (Wildman–Crippen MR) is 144 cm³/mol. The van der Waals surface area contributed by atoms with Crippen LogP contribution in [0, 0.1) is 12.7 Å². The molecule has 3 aromatic carbocycles. The van der Waals surface area contributed by atoms with Crippen molar-refractivity contribution in [2.45, 2.75) is 37.8 Å². The number of carbonyl (C=O) groups is 2. The number of anilines is 1. The Kier molecular flexibility index (Phi) is 9.46. The van der Waals surface area contributed by atoms with Crippen molar-refractivity contribution in [1.29, 1.82) is 0 Å². The number of nitrogens with one attached hydrogen (secondary N) is 1. The number of benzene rings is 3. The Bertz CT molecular complexity index is 1360. The van der Waals surface area contributed by atoms with Crippen LogP contribution in [-0.4, -0.2) is 51.9 Å². The van der Waals surface area contributed by atoms with E-state index in [0.29, 0.717) is 11.3 Å². The minimum Gasteiger partial charge on any atom is -0.497 e. The van der Waals surface area contributed by atoms with Crippen LogP contribution in [0.1, 0.15) is 24.5 Å². The Balaban J connectivity index is 2.06. The summed E-state index contributed by atoms with van der Waals surface area (Å²) in [4.78, 5) is 27.8. The van der Waals surface area contributed by atoms with Gasteiger partial charge in [0.15, 0.2) is 0 Å². The van der Waals surface area contributed by atoms with Gasteiger partial charge in [-0.3, -0.25) is 13.9 Å². The summed E-state index contributed by atoms with van der Waals surface area (Å²) in [7, 11) is -1.33. The molecule has 0 aliphatic carbocycles. The first kappa shape index (κ1) is 28.6. The van der Waals surface area contributed by atoms with Gasteiger partial charge in [0.05, 0.1) is 17.7 Å². The van der Waals surface area contributed by atoms with Crippen molar-refractivity contribution >= 4 is 27.5 Å². The van der Waals surface area contributed by atoms with E-state index in [0.717, 1.165) is 15.9 Å². The average Bonchev–Trinajstić information content (AvgIpc) is 2.92. The van der Waals surface area contributed by atoms with E-state index < -0.39 is 40.2 Å². The standard InChI is InChI=1S/C28H32FN3O5S/c1-5-25(28(34)30-3)31(18-21-12-14-22(37-4)15-13-21)27(33)19-32(26-9-7-6-8-24(26)29)38(35,36)23-16-10-20(2)11-17-23/h6-17,25H,5,18-19H2,1-4H3,(H,30,34). The predicted octanol–water partition coefficient (Wildman–Crippen LogP) is 3.89. The van der Waals surface area contributed by atoms with Crippen LogP contribution in [0.15, 0.2) is 77.7 Å². The van der Waals surface area contributed by atoms with Crippen molar-refractivity contribution in [3.05, 3.63) is 89.7 Å². The molecule has 0 saturated carbocycles. The number of ether oxygens (including phenoxy) is 1. The summed E-state index contributed by atoms with van der Waals surface area (Å²) in [6.45, 7) is 2.90. The zero-order valence-corrected chi connectivity index (χ0v) is 22.7. The quantitative estimate of drug-likeness (QED) is 0.397. The van der Waals surface area contributed by atoms with E-state index in [1.54, 1.807) is 43.3 Å². The van der Waals surface area contributed by atoms with Gasteiger partial charge in [0.1, 0.15) is 24.2 Å². The summed E-state index contributed by atoms with van der Waals surface area (Å²) < 4.78 is 48.3. The molecule has 1 unspecified atom stereocenters. The lowest BCUT2D eigenvalue weighted by atomic mass is 10.1. The number of hydrogen-bond acceptors (Lipinski definition) is 5. The molecule has 0 saturated heterocycles. The molecule has 0 bridgehead atoms. The van der Waals surface area contributed by atoms with Crippen molar-refractivity contribution in [2.24, 2.45) is 0 Å². The van der Waals surface area contributed by atoms with Crippen LogP contribution in [0.2, 0.25) is 0 Å². The average molecular weight is 542 g/mol. The van der Waals surface area contributed by atoms with Gasteiger partial charge in [-0.15, -0.1) is 0 Å². The molecule has 0 spiro atoms. The van der Waals surface area contributed by atoms with Crippen molar-refractivity contribution < 1.29 is 27.1 Å². The highest BCUT2D eigenvalue weighted by atomic mass is 32.2. The number of hydrogen-bond donors (Lipinski definition) is 1. The summed E-state index contributed by atoms with van der Waals surface area (Å²) in [6.07, 6.45) is 0.284. The van der Waals surface area contributed by atoms with Gasteiger partial charge in [-0.05, 0) is 55.3 Å². The van der Waals surface area contributed by atoms with E-state index in [4.69, 9.17) is 4.74 Å².